The van der Waals surface area contributed by atoms with E-state index in [2.05, 4.69) is 28.7 Å². The molecule has 50 heavy (non-hydrogen) atoms. The fourth-order valence-electron chi connectivity index (χ4n) is 4.51. The molecule has 0 atom stereocenters. The van der Waals surface area contributed by atoms with Crippen LogP contribution in [0.5, 0.6) is 11.5 Å². The maximum absolute atomic E-state index is 11.5. The maximum atomic E-state index is 11.5. The number of H-pyrrole nitrogens is 2. The number of benzene rings is 2. The third-order valence-corrected chi connectivity index (χ3v) is 7.60. The van der Waals surface area contributed by atoms with E-state index in [9.17, 15) is 16.8 Å². The Bertz CT molecular complexity index is 2240. The zero-order chi connectivity index (χ0) is 37.3. The first-order valence-electron chi connectivity index (χ1n) is 15.9. The van der Waals surface area contributed by atoms with Gasteiger partial charge in [-0.05, 0) is 66.1 Å². The van der Waals surface area contributed by atoms with E-state index in [1.165, 1.54) is 14.3 Å². The highest BCUT2D eigenvalue weighted by Gasteiger charge is 2.11. The van der Waals surface area contributed by atoms with Crippen LogP contribution in [0.3, 0.4) is 0 Å². The number of hydrogen-bond donors (Lipinski definition) is 3. The van der Waals surface area contributed by atoms with E-state index < -0.39 is 20.0 Å². The summed E-state index contributed by atoms with van der Waals surface area (Å²) in [5.41, 5.74) is 9.44. The molecule has 0 amide bonds. The van der Waals surface area contributed by atoms with E-state index in [1.807, 2.05) is 60.9 Å². The second-order valence-corrected chi connectivity index (χ2v) is 13.8. The van der Waals surface area contributed by atoms with Gasteiger partial charge in [0.15, 0.2) is 0 Å². The van der Waals surface area contributed by atoms with Crippen LogP contribution in [-0.2, 0) is 33.0 Å². The van der Waals surface area contributed by atoms with Crippen molar-refractivity contribution in [2.45, 2.75) is 33.7 Å². The van der Waals surface area contributed by atoms with Gasteiger partial charge in [0.2, 0.25) is 11.8 Å². The molecule has 0 bridgehead atoms. The van der Waals surface area contributed by atoms with Crippen molar-refractivity contribution in [1.29, 1.82) is 0 Å². The quantitative estimate of drug-likeness (QED) is 0.124. The smallest absolute Gasteiger partial charge is 0.253 e. The monoisotopic (exact) mass is 720 g/mol. The maximum Gasteiger partial charge on any atom is 0.253 e. The Morgan fingerprint density at radius 3 is 1.72 bits per heavy atom. The van der Waals surface area contributed by atoms with Crippen LogP contribution in [0.15, 0.2) is 119 Å². The predicted octanol–water partition coefficient (Wildman–Crippen LogP) is 6.03. The largest absolute Gasteiger partial charge is 0.443 e. The number of aromatic nitrogens is 4. The summed E-state index contributed by atoms with van der Waals surface area (Å²) in [5, 5.41) is 2.13. The molecule has 13 nitrogen and oxygen atoms in total. The Labute approximate surface area is 293 Å². The summed E-state index contributed by atoms with van der Waals surface area (Å²) in [6.45, 7) is 2.06. The summed E-state index contributed by atoms with van der Waals surface area (Å²) in [4.78, 5) is 14.5. The molecule has 0 spiro atoms. The van der Waals surface area contributed by atoms with E-state index in [0.29, 0.717) is 30.9 Å². The summed E-state index contributed by atoms with van der Waals surface area (Å²) in [5.74, 6) is 1.40. The number of pyridine rings is 2. The van der Waals surface area contributed by atoms with Gasteiger partial charge in [-0.1, -0.05) is 43.8 Å². The number of nitrogens with zero attached hydrogens (tertiary/aromatic N) is 4. The molecule has 2 aromatic carbocycles. The molecule has 0 saturated heterocycles. The van der Waals surface area contributed by atoms with Crippen molar-refractivity contribution in [2.24, 2.45) is 14.5 Å². The van der Waals surface area contributed by atoms with Crippen molar-refractivity contribution in [3.63, 3.8) is 0 Å². The molecule has 15 heteroatoms. The average molecular weight is 721 g/mol. The van der Waals surface area contributed by atoms with Gasteiger partial charge < -0.3 is 25.2 Å². The molecule has 0 aliphatic heterocycles. The summed E-state index contributed by atoms with van der Waals surface area (Å²) in [7, 11) is -5.67. The molecule has 0 unspecified atom stereocenters. The second kappa shape index (κ2) is 18.4. The minimum atomic E-state index is -3.54. The van der Waals surface area contributed by atoms with Crippen LogP contribution in [-0.4, -0.2) is 61.1 Å². The lowest BCUT2D eigenvalue weighted by Gasteiger charge is -2.09. The number of nitrogens with one attached hydrogen (secondary N) is 2. The first-order valence-corrected chi connectivity index (χ1v) is 18.6. The Morgan fingerprint density at radius 1 is 0.740 bits per heavy atom. The SMILES string of the molecule is CC(=NS(C)(=O)=O)Oc1ccccc1.CS(=O)(=O)N=C(CCc1ccnc2[nH]ccc12)Oc1ccccc1.NCc1ccnc2[nH]ccc12.[2H]C. The molecule has 6 aromatic rings. The molecule has 4 heterocycles. The molecule has 0 saturated carbocycles. The van der Waals surface area contributed by atoms with Crippen LogP contribution in [0.25, 0.3) is 22.1 Å². The summed E-state index contributed by atoms with van der Waals surface area (Å²) in [6, 6.07) is 25.7. The van der Waals surface area contributed by atoms with E-state index in [4.69, 9.17) is 16.6 Å². The van der Waals surface area contributed by atoms with E-state index in [0.717, 1.165) is 45.7 Å². The first kappa shape index (κ1) is 37.4. The average Bonchev–Trinajstić information content (AvgIpc) is 3.79. The summed E-state index contributed by atoms with van der Waals surface area (Å²) in [6.07, 6.45) is 10.2. The fraction of sp³-hybridized carbons (Fsp3) is 0.200. The number of sulfonamides is 2. The van der Waals surface area contributed by atoms with Gasteiger partial charge in [0.05, 0.1) is 12.5 Å². The molecule has 264 valence electrons. The summed E-state index contributed by atoms with van der Waals surface area (Å²) >= 11 is 0. The van der Waals surface area contributed by atoms with Crippen molar-refractivity contribution in [1.82, 2.24) is 19.9 Å². The number of para-hydroxylation sites is 2. The lowest BCUT2D eigenvalue weighted by Crippen LogP contribution is -2.12. The van der Waals surface area contributed by atoms with Gasteiger partial charge in [0, 0.05) is 56.8 Å². The molecule has 4 aromatic heterocycles. The predicted molar refractivity (Wildman–Crippen MR) is 200 cm³/mol. The number of fused-ring (bicyclic) bond motifs is 2. The Kier molecular flexibility index (Phi) is 13.8. The molecule has 0 radical (unpaired) electrons. The normalized spacial score (nSPS) is 12.0. The zero-order valence-corrected chi connectivity index (χ0v) is 29.8. The van der Waals surface area contributed by atoms with Crippen molar-refractivity contribution < 1.29 is 27.7 Å². The van der Waals surface area contributed by atoms with E-state index in [1.54, 1.807) is 48.8 Å². The van der Waals surface area contributed by atoms with Crippen LogP contribution in [0, 0.1) is 0 Å². The van der Waals surface area contributed by atoms with Crippen molar-refractivity contribution in [2.75, 3.05) is 12.5 Å². The van der Waals surface area contributed by atoms with Gasteiger partial charge in [-0.2, -0.15) is 0 Å². The number of ether oxygens (including phenoxy) is 2. The number of rotatable bonds is 8. The highest BCUT2D eigenvalue weighted by molar-refractivity contribution is 7.89. The van der Waals surface area contributed by atoms with Crippen LogP contribution in [0.4, 0.5) is 0 Å². The number of aryl methyl sites for hydroxylation is 1. The van der Waals surface area contributed by atoms with Crippen molar-refractivity contribution in [3.05, 3.63) is 121 Å². The highest BCUT2D eigenvalue weighted by Crippen LogP contribution is 2.18. The molecule has 0 aliphatic carbocycles. The topological polar surface area (TPSA) is 195 Å². The third kappa shape index (κ3) is 12.9. The molecule has 4 N–H and O–H groups in total. The minimum absolute atomic E-state index is 0.110. The van der Waals surface area contributed by atoms with E-state index >= 15 is 0 Å². The first-order chi connectivity index (χ1) is 24.4. The molecular weight excluding hydrogens is 679 g/mol. The van der Waals surface area contributed by atoms with Crippen LogP contribution >= 0.6 is 0 Å². The van der Waals surface area contributed by atoms with Gasteiger partial charge in [-0.3, -0.25) is 0 Å². The van der Waals surface area contributed by atoms with Gasteiger partial charge in [0.25, 0.3) is 20.0 Å². The Hall–Kier alpha value is -5.38. The van der Waals surface area contributed by atoms with Crippen LogP contribution in [0.1, 0.15) is 33.2 Å². The number of hydrogen-bond acceptors (Lipinski definition) is 9. The lowest BCUT2D eigenvalue weighted by molar-refractivity contribution is 0.530. The minimum Gasteiger partial charge on any atom is -0.443 e. The fourth-order valence-corrected chi connectivity index (χ4v) is 5.51. The number of nitrogens with two attached hydrogens (primary N) is 1. The van der Waals surface area contributed by atoms with Gasteiger partial charge >= 0.3 is 0 Å². The van der Waals surface area contributed by atoms with Gasteiger partial charge in [-0.15, -0.1) is 8.80 Å². The van der Waals surface area contributed by atoms with Crippen molar-refractivity contribution >= 4 is 53.9 Å². The molecular formula is C35H41N7O6S2. The summed E-state index contributed by atoms with van der Waals surface area (Å²) < 4.78 is 68.3. The number of aromatic amines is 2. The highest BCUT2D eigenvalue weighted by atomic mass is 32.2. The zero-order valence-electron chi connectivity index (χ0n) is 29.1. The molecule has 0 aliphatic rings. The van der Waals surface area contributed by atoms with Crippen LogP contribution in [0.2, 0.25) is 0 Å². The standard InChI is InChI=1S/C17H17N3O3S.C9H11NO3S.C8H9N3.CH4/c1-24(21,22)20-16(23-14-5-3-2-4-6-14)8-7-13-9-11-18-17-15(13)10-12-19-17;1-8(10-14(2,11)12)13-9-6-4-3-5-7-9;9-5-6-1-3-10-8-7(6)2-4-11-8;/h2-6,9-12H,7-8H2,1H3,(H,18,19);3-7H,1-2H3;1-4H,5,9H2,(H,10,11);1H4/i;;;1D. The molecule has 0 fully saturated rings. The van der Waals surface area contributed by atoms with E-state index in [-0.39, 0.29) is 11.8 Å². The van der Waals surface area contributed by atoms with Gasteiger partial charge in [0.1, 0.15) is 22.8 Å². The third-order valence-electron chi connectivity index (χ3n) is 6.48. The van der Waals surface area contributed by atoms with Gasteiger partial charge in [-0.25, -0.2) is 26.8 Å². The Balaban J connectivity index is 0.000000220. The van der Waals surface area contributed by atoms with Crippen LogP contribution < -0.4 is 15.2 Å². The van der Waals surface area contributed by atoms with Crippen molar-refractivity contribution in [3.8, 4) is 11.5 Å². The lowest BCUT2D eigenvalue weighted by atomic mass is 10.1. The second-order valence-electron chi connectivity index (χ2n) is 10.5. The molecule has 6 rings (SSSR count). The Morgan fingerprint density at radius 2 is 1.22 bits per heavy atom.